The van der Waals surface area contributed by atoms with Crippen LogP contribution in [0.2, 0.25) is 0 Å². The highest BCUT2D eigenvalue weighted by Crippen LogP contribution is 2.15. The lowest BCUT2D eigenvalue weighted by molar-refractivity contribution is 0.0248. The summed E-state index contributed by atoms with van der Waals surface area (Å²) in [6.07, 6.45) is 24.0. The first-order valence-corrected chi connectivity index (χ1v) is 13.2. The summed E-state index contributed by atoms with van der Waals surface area (Å²) < 4.78 is 5.62. The summed E-state index contributed by atoms with van der Waals surface area (Å²) in [5.41, 5.74) is 0. The molecule has 0 radical (unpaired) electrons. The molecule has 0 spiro atoms. The first-order chi connectivity index (χ1) is 13.8. The largest absolute Gasteiger partial charge is 0.389 e. The van der Waals surface area contributed by atoms with E-state index in [1.54, 1.807) is 11.8 Å². The lowest BCUT2D eigenvalue weighted by atomic mass is 10.0. The molecule has 1 atom stereocenters. The van der Waals surface area contributed by atoms with Crippen molar-refractivity contribution in [3.05, 3.63) is 11.6 Å². The molecule has 1 aliphatic heterocycles. The van der Waals surface area contributed by atoms with Gasteiger partial charge in [-0.25, -0.2) is 0 Å². The van der Waals surface area contributed by atoms with Crippen molar-refractivity contribution >= 4 is 35.7 Å². The molecule has 0 aromatic heterocycles. The average Bonchev–Trinajstić information content (AvgIpc) is 3.20. The number of hydrogen-bond donors (Lipinski definition) is 1. The molecule has 0 bridgehead atoms. The molecule has 1 rings (SSSR count). The van der Waals surface area contributed by atoms with Crippen LogP contribution in [0.4, 0.5) is 0 Å². The van der Waals surface area contributed by atoms with E-state index in [0.29, 0.717) is 13.2 Å². The van der Waals surface area contributed by atoms with Gasteiger partial charge in [-0.15, -0.1) is 35.7 Å². The number of ether oxygens (including phenoxy) is 1. The number of nitrogens with zero attached hydrogens (tertiary/aromatic N) is 1. The van der Waals surface area contributed by atoms with Gasteiger partial charge in [0.25, 0.3) is 0 Å². The minimum Gasteiger partial charge on any atom is -0.389 e. The minimum atomic E-state index is -0.371. The Kier molecular flexibility index (Phi) is 23.6. The second-order valence-corrected chi connectivity index (χ2v) is 9.25. The Hall–Kier alpha value is 0.540. The Morgan fingerprint density at radius 1 is 0.828 bits per heavy atom. The van der Waals surface area contributed by atoms with E-state index in [2.05, 4.69) is 17.2 Å². The minimum absolute atomic E-state index is 0. The predicted octanol–water partition coefficient (Wildman–Crippen LogP) is 7.72. The zero-order valence-corrected chi connectivity index (χ0v) is 22.1. The summed E-state index contributed by atoms with van der Waals surface area (Å²) >= 11 is 1.77. The topological polar surface area (TPSA) is 32.7 Å². The molecule has 1 unspecified atom stereocenters. The molecule has 174 valence electrons. The predicted molar refractivity (Wildman–Crippen MR) is 140 cm³/mol. The lowest BCUT2D eigenvalue weighted by Crippen LogP contribution is -2.30. The van der Waals surface area contributed by atoms with E-state index >= 15 is 0 Å². The SMILES string of the molecule is CCCCCCCCCCCCCCCCCCOCC(O)CN1C=CSC1.I. The second-order valence-electron chi connectivity index (χ2n) is 8.38. The van der Waals surface area contributed by atoms with Crippen molar-refractivity contribution < 1.29 is 9.84 Å². The zero-order valence-electron chi connectivity index (χ0n) is 19.0. The Morgan fingerprint density at radius 2 is 1.31 bits per heavy atom. The van der Waals surface area contributed by atoms with Gasteiger partial charge in [-0.1, -0.05) is 103 Å². The van der Waals surface area contributed by atoms with Crippen LogP contribution < -0.4 is 0 Å². The fraction of sp³-hybridized carbons (Fsp3) is 0.917. The Bertz CT molecular complexity index is 358. The Morgan fingerprint density at radius 3 is 1.76 bits per heavy atom. The molecule has 0 aromatic rings. The Balaban J connectivity index is 0.00000784. The van der Waals surface area contributed by atoms with Crippen molar-refractivity contribution in [2.75, 3.05) is 25.6 Å². The first kappa shape index (κ1) is 29.5. The van der Waals surface area contributed by atoms with Crippen molar-refractivity contribution in [1.29, 1.82) is 0 Å². The average molecular weight is 542 g/mol. The van der Waals surface area contributed by atoms with Crippen LogP contribution in [0.25, 0.3) is 0 Å². The van der Waals surface area contributed by atoms with E-state index in [1.165, 1.54) is 96.3 Å². The molecule has 1 heterocycles. The summed E-state index contributed by atoms with van der Waals surface area (Å²) in [7, 11) is 0. The fourth-order valence-corrected chi connectivity index (χ4v) is 4.45. The summed E-state index contributed by atoms with van der Waals surface area (Å²) in [5, 5.41) is 12.0. The van der Waals surface area contributed by atoms with Gasteiger partial charge in [0.2, 0.25) is 0 Å². The van der Waals surface area contributed by atoms with Gasteiger partial charge >= 0.3 is 0 Å². The van der Waals surface area contributed by atoms with Gasteiger partial charge in [0.15, 0.2) is 0 Å². The van der Waals surface area contributed by atoms with Crippen LogP contribution in [-0.4, -0.2) is 41.7 Å². The van der Waals surface area contributed by atoms with Gasteiger partial charge in [0.05, 0.1) is 18.6 Å². The molecule has 0 aliphatic carbocycles. The molecular weight excluding hydrogens is 493 g/mol. The van der Waals surface area contributed by atoms with E-state index in [1.807, 2.05) is 6.20 Å². The molecule has 0 amide bonds. The number of halogens is 1. The number of aliphatic hydroxyl groups is 1. The third-order valence-corrected chi connectivity index (χ3v) is 6.30. The highest BCUT2D eigenvalue weighted by atomic mass is 127. The summed E-state index contributed by atoms with van der Waals surface area (Å²) in [6.45, 7) is 4.23. The van der Waals surface area contributed by atoms with Crippen LogP contribution in [0, 0.1) is 0 Å². The van der Waals surface area contributed by atoms with E-state index in [-0.39, 0.29) is 30.1 Å². The molecule has 0 saturated heterocycles. The highest BCUT2D eigenvalue weighted by Gasteiger charge is 2.11. The standard InChI is InChI=1S/C24H47NO2S.HI/c1-2-3-4-5-6-7-8-9-10-11-12-13-14-15-16-17-19-27-22-24(26)21-25-18-20-28-23-25;/h18,20,24,26H,2-17,19,21-23H2,1H3;1H. The molecule has 0 aromatic carbocycles. The molecule has 0 saturated carbocycles. The fourth-order valence-electron chi connectivity index (χ4n) is 3.72. The van der Waals surface area contributed by atoms with E-state index < -0.39 is 0 Å². The molecule has 29 heavy (non-hydrogen) atoms. The maximum Gasteiger partial charge on any atom is 0.0948 e. The Labute approximate surface area is 202 Å². The van der Waals surface area contributed by atoms with E-state index in [9.17, 15) is 5.11 Å². The van der Waals surface area contributed by atoms with Crippen molar-refractivity contribution in [2.24, 2.45) is 0 Å². The number of aliphatic hydroxyl groups excluding tert-OH is 1. The second kappa shape index (κ2) is 23.2. The van der Waals surface area contributed by atoms with Crippen LogP contribution in [0.5, 0.6) is 0 Å². The molecule has 0 fully saturated rings. The van der Waals surface area contributed by atoms with Gasteiger partial charge in [-0.2, -0.15) is 0 Å². The number of hydrogen-bond acceptors (Lipinski definition) is 4. The molecule has 1 N–H and O–H groups in total. The first-order valence-electron chi connectivity index (χ1n) is 12.1. The van der Waals surface area contributed by atoms with Gasteiger partial charge < -0.3 is 14.7 Å². The number of thioether (sulfide) groups is 1. The summed E-state index contributed by atoms with van der Waals surface area (Å²) in [6, 6.07) is 0. The van der Waals surface area contributed by atoms with Gasteiger partial charge in [-0.3, -0.25) is 0 Å². The van der Waals surface area contributed by atoms with Crippen LogP contribution in [0.15, 0.2) is 11.6 Å². The quantitative estimate of drug-likeness (QED) is 0.119. The van der Waals surface area contributed by atoms with Crippen LogP contribution >= 0.6 is 35.7 Å². The van der Waals surface area contributed by atoms with Crippen molar-refractivity contribution in [3.8, 4) is 0 Å². The maximum absolute atomic E-state index is 9.93. The van der Waals surface area contributed by atoms with Gasteiger partial charge in [0.1, 0.15) is 0 Å². The van der Waals surface area contributed by atoms with Crippen molar-refractivity contribution in [2.45, 2.75) is 116 Å². The van der Waals surface area contributed by atoms with Crippen molar-refractivity contribution in [3.63, 3.8) is 0 Å². The van der Waals surface area contributed by atoms with E-state index in [4.69, 9.17) is 4.74 Å². The number of unbranched alkanes of at least 4 members (excludes halogenated alkanes) is 15. The van der Waals surface area contributed by atoms with Crippen molar-refractivity contribution in [1.82, 2.24) is 4.90 Å². The van der Waals surface area contributed by atoms with Crippen LogP contribution in [0.3, 0.4) is 0 Å². The molecular formula is C24H48INO2S. The van der Waals surface area contributed by atoms with Gasteiger partial charge in [0, 0.05) is 19.4 Å². The smallest absolute Gasteiger partial charge is 0.0948 e. The zero-order chi connectivity index (χ0) is 20.1. The molecule has 3 nitrogen and oxygen atoms in total. The normalized spacial score (nSPS) is 14.3. The summed E-state index contributed by atoms with van der Waals surface area (Å²) in [5.74, 6) is 0.955. The van der Waals surface area contributed by atoms with Crippen LogP contribution in [-0.2, 0) is 4.74 Å². The lowest BCUT2D eigenvalue weighted by Gasteiger charge is -2.19. The summed E-state index contributed by atoms with van der Waals surface area (Å²) in [4.78, 5) is 2.13. The number of rotatable bonds is 21. The third-order valence-electron chi connectivity index (χ3n) is 5.51. The number of β-amino-alcohol motifs (C(OH)–C–C–N with tert-alkyl or cyclic N) is 1. The molecule has 5 heteroatoms. The van der Waals surface area contributed by atoms with E-state index in [0.717, 1.165) is 18.9 Å². The third kappa shape index (κ3) is 20.2. The van der Waals surface area contributed by atoms with Crippen LogP contribution in [0.1, 0.15) is 110 Å². The molecule has 1 aliphatic rings. The highest BCUT2D eigenvalue weighted by molar-refractivity contribution is 14.0. The maximum atomic E-state index is 9.93. The van der Waals surface area contributed by atoms with Gasteiger partial charge in [-0.05, 0) is 11.8 Å². The monoisotopic (exact) mass is 541 g/mol.